The van der Waals surface area contributed by atoms with Crippen LogP contribution in [0.2, 0.25) is 0 Å². The van der Waals surface area contributed by atoms with Crippen LogP contribution in [0.3, 0.4) is 0 Å². The average molecular weight is 813 g/mol. The molecule has 0 spiro atoms. The van der Waals surface area contributed by atoms with Crippen molar-refractivity contribution in [1.82, 2.24) is 0 Å². The molecule has 11 aromatic rings. The van der Waals surface area contributed by atoms with Gasteiger partial charge in [-0.1, -0.05) is 206 Å². The maximum Gasteiger partial charge on any atom is 0.136 e. The lowest BCUT2D eigenvalue weighted by molar-refractivity contribution is 0.669. The van der Waals surface area contributed by atoms with E-state index in [0.29, 0.717) is 33.2 Å². The van der Waals surface area contributed by atoms with Crippen molar-refractivity contribution in [2.45, 2.75) is 5.41 Å². The Morgan fingerprint density at radius 1 is 0.397 bits per heavy atom. The van der Waals surface area contributed by atoms with E-state index in [4.69, 9.17) is 11.3 Å². The van der Waals surface area contributed by atoms with Crippen molar-refractivity contribution in [2.75, 3.05) is 4.90 Å². The average Bonchev–Trinajstić information content (AvgIpc) is 3.95. The van der Waals surface area contributed by atoms with Crippen molar-refractivity contribution in [1.29, 1.82) is 0 Å². The van der Waals surface area contributed by atoms with Crippen LogP contribution in [-0.4, -0.2) is 0 Å². The van der Waals surface area contributed by atoms with Crippen LogP contribution in [0, 0.1) is 0 Å². The van der Waals surface area contributed by atoms with Crippen molar-refractivity contribution >= 4 is 39.0 Å². The summed E-state index contributed by atoms with van der Waals surface area (Å²) in [6.07, 6.45) is 0. The molecule has 0 bridgehead atoms. The third kappa shape index (κ3) is 5.95. The monoisotopic (exact) mass is 812 g/mol. The van der Waals surface area contributed by atoms with Crippen LogP contribution in [0.15, 0.2) is 253 Å². The SMILES string of the molecule is [2H]c1c([2H])c([2H])c(-c2c([2H])c([2H])c(-c3c(N(c4ccc(-c5ccccc5)cc4)c4ccc5c(c4)C(c4ccccc4)(c4ccccc4)c4ccccc4-5)ccc4oc5ccccc5c34)c([2H])c2[2H])c([2H])c1[2H]. The highest BCUT2D eigenvalue weighted by Gasteiger charge is 2.46. The number of furan rings is 1. The Morgan fingerprint density at radius 3 is 1.70 bits per heavy atom. The van der Waals surface area contributed by atoms with Gasteiger partial charge in [0, 0.05) is 27.7 Å². The van der Waals surface area contributed by atoms with E-state index in [9.17, 15) is 5.48 Å². The Bertz CT molecular complexity index is 3870. The second-order valence-electron chi connectivity index (χ2n) is 15.7. The van der Waals surface area contributed by atoms with Crippen molar-refractivity contribution in [2.24, 2.45) is 0 Å². The van der Waals surface area contributed by atoms with Crippen LogP contribution >= 0.6 is 0 Å². The van der Waals surface area contributed by atoms with Gasteiger partial charge in [0.05, 0.1) is 23.4 Å². The first-order valence-corrected chi connectivity index (χ1v) is 20.9. The number of hydrogen-bond donors (Lipinski definition) is 0. The van der Waals surface area contributed by atoms with Crippen molar-refractivity contribution in [3.8, 4) is 44.5 Å². The minimum atomic E-state index is -0.747. The van der Waals surface area contributed by atoms with Gasteiger partial charge in [-0.25, -0.2) is 0 Å². The molecule has 0 unspecified atom stereocenters. The van der Waals surface area contributed by atoms with Gasteiger partial charge in [0.25, 0.3) is 0 Å². The number of rotatable bonds is 8. The second-order valence-corrected chi connectivity index (χ2v) is 15.7. The van der Waals surface area contributed by atoms with Crippen LogP contribution in [-0.2, 0) is 5.41 Å². The molecular formula is C61H41NO. The van der Waals surface area contributed by atoms with E-state index in [1.54, 1.807) is 0 Å². The second kappa shape index (κ2) is 15.1. The Balaban J connectivity index is 1.19. The van der Waals surface area contributed by atoms with E-state index in [1.165, 1.54) is 0 Å². The lowest BCUT2D eigenvalue weighted by atomic mass is 9.67. The highest BCUT2D eigenvalue weighted by molar-refractivity contribution is 6.16. The van der Waals surface area contributed by atoms with E-state index in [-0.39, 0.29) is 11.1 Å². The number of nitrogens with zero attached hydrogens (tertiary/aromatic N) is 1. The summed E-state index contributed by atoms with van der Waals surface area (Å²) in [7, 11) is 0. The molecule has 1 aromatic heterocycles. The number of para-hydroxylation sites is 1. The third-order valence-corrected chi connectivity index (χ3v) is 12.3. The lowest BCUT2D eigenvalue weighted by Gasteiger charge is -2.35. The molecule has 0 saturated heterocycles. The fourth-order valence-corrected chi connectivity index (χ4v) is 9.61. The third-order valence-electron chi connectivity index (χ3n) is 12.3. The van der Waals surface area contributed by atoms with Crippen LogP contribution in [0.25, 0.3) is 66.4 Å². The highest BCUT2D eigenvalue weighted by atomic mass is 16.3. The molecule has 0 N–H and O–H groups in total. The molecule has 10 aromatic carbocycles. The Hall–Kier alpha value is -8.20. The Morgan fingerprint density at radius 2 is 0.968 bits per heavy atom. The van der Waals surface area contributed by atoms with E-state index in [1.807, 2.05) is 78.9 Å². The normalized spacial score (nSPS) is 14.6. The molecule has 0 saturated carbocycles. The molecule has 2 heteroatoms. The smallest absolute Gasteiger partial charge is 0.136 e. The van der Waals surface area contributed by atoms with Gasteiger partial charge in [0.2, 0.25) is 0 Å². The van der Waals surface area contributed by atoms with Gasteiger partial charge in [-0.3, -0.25) is 0 Å². The molecular weight excluding hydrogens is 763 g/mol. The first kappa shape index (κ1) is 28.3. The van der Waals surface area contributed by atoms with E-state index in [0.717, 1.165) is 55.9 Å². The molecule has 0 amide bonds. The molecule has 1 aliphatic rings. The first-order valence-electron chi connectivity index (χ1n) is 25.4. The molecule has 12 rings (SSSR count). The largest absolute Gasteiger partial charge is 0.456 e. The van der Waals surface area contributed by atoms with Crippen LogP contribution in [0.1, 0.15) is 34.6 Å². The summed E-state index contributed by atoms with van der Waals surface area (Å²) in [5.41, 5.74) is 10.4. The van der Waals surface area contributed by atoms with Gasteiger partial charge in [0.1, 0.15) is 11.2 Å². The molecule has 2 nitrogen and oxygen atoms in total. The van der Waals surface area contributed by atoms with Gasteiger partial charge in [-0.05, 0) is 104 Å². The Kier molecular flexibility index (Phi) is 6.78. The molecule has 0 atom stereocenters. The number of benzene rings is 10. The summed E-state index contributed by atoms with van der Waals surface area (Å²) < 4.78 is 88.1. The topological polar surface area (TPSA) is 16.4 Å². The molecule has 1 heterocycles. The van der Waals surface area contributed by atoms with Crippen LogP contribution < -0.4 is 4.90 Å². The molecule has 0 fully saturated rings. The van der Waals surface area contributed by atoms with Gasteiger partial charge in [-0.2, -0.15) is 0 Å². The van der Waals surface area contributed by atoms with Crippen molar-refractivity contribution in [3.63, 3.8) is 0 Å². The molecule has 1 aliphatic carbocycles. The van der Waals surface area contributed by atoms with Crippen molar-refractivity contribution < 1.29 is 16.8 Å². The first-order chi connectivity index (χ1) is 35.0. The zero-order valence-electron chi connectivity index (χ0n) is 42.8. The zero-order valence-corrected chi connectivity index (χ0v) is 33.8. The fraction of sp³-hybridized carbons (Fsp3) is 0.0164. The van der Waals surface area contributed by atoms with Gasteiger partial charge in [0.15, 0.2) is 0 Å². The van der Waals surface area contributed by atoms with Crippen molar-refractivity contribution in [3.05, 3.63) is 271 Å². The summed E-state index contributed by atoms with van der Waals surface area (Å²) in [5.74, 6) is 0. The quantitative estimate of drug-likeness (QED) is 0.152. The Labute approximate surface area is 380 Å². The van der Waals surface area contributed by atoms with E-state index < -0.39 is 65.4 Å². The minimum absolute atomic E-state index is 0.0457. The predicted octanol–water partition coefficient (Wildman–Crippen LogP) is 16.4. The lowest BCUT2D eigenvalue weighted by Crippen LogP contribution is -2.28. The maximum absolute atomic E-state index is 9.88. The number of fused-ring (bicyclic) bond motifs is 6. The molecule has 63 heavy (non-hydrogen) atoms. The van der Waals surface area contributed by atoms with E-state index in [2.05, 4.69) is 120 Å². The van der Waals surface area contributed by atoms with Crippen LogP contribution in [0.4, 0.5) is 17.1 Å². The molecule has 296 valence electrons. The molecule has 0 aliphatic heterocycles. The number of anilines is 3. The van der Waals surface area contributed by atoms with Gasteiger partial charge < -0.3 is 9.32 Å². The minimum Gasteiger partial charge on any atom is -0.456 e. The standard InChI is InChI=1S/C61H41NO/c1-5-17-42(18-6-1)44-29-31-46(32-30-44)59-56(39-40-58-60(59)53-26-14-16-28-57(53)63-58)62(49-35-33-45(34-36-49)43-19-7-2-8-20-43)50-37-38-52-51-25-13-15-27-54(51)61(55(52)41-50,47-21-9-3-10-22-47)48-23-11-4-12-24-48/h1-41H/i1D,5D,6D,17D,18D,29D,30D,31D,32D. The summed E-state index contributed by atoms with van der Waals surface area (Å²) in [6, 6.07) is 60.5. The molecule has 0 radical (unpaired) electrons. The van der Waals surface area contributed by atoms with Gasteiger partial charge >= 0.3 is 0 Å². The highest BCUT2D eigenvalue weighted by Crippen LogP contribution is 2.58. The number of hydrogen-bond acceptors (Lipinski definition) is 2. The summed E-state index contributed by atoms with van der Waals surface area (Å²) in [6.45, 7) is 0. The summed E-state index contributed by atoms with van der Waals surface area (Å²) in [4.78, 5) is 2.10. The van der Waals surface area contributed by atoms with E-state index >= 15 is 0 Å². The summed E-state index contributed by atoms with van der Waals surface area (Å²) >= 11 is 0. The fourth-order valence-electron chi connectivity index (χ4n) is 9.61. The van der Waals surface area contributed by atoms with Crippen LogP contribution in [0.5, 0.6) is 0 Å². The summed E-state index contributed by atoms with van der Waals surface area (Å²) in [5, 5.41) is 1.24. The maximum atomic E-state index is 9.88. The zero-order chi connectivity index (χ0) is 49.6. The van der Waals surface area contributed by atoms with Gasteiger partial charge in [-0.15, -0.1) is 0 Å². The predicted molar refractivity (Wildman–Crippen MR) is 262 cm³/mol.